The van der Waals surface area contributed by atoms with E-state index >= 15 is 0 Å². The fourth-order valence-electron chi connectivity index (χ4n) is 0.877. The van der Waals surface area contributed by atoms with E-state index in [1.54, 1.807) is 7.05 Å². The molecular weight excluding hydrogens is 154 g/mol. The molecule has 0 saturated heterocycles. The highest BCUT2D eigenvalue weighted by atomic mass is 16.5. The maximum absolute atomic E-state index is 11.0. The monoisotopic (exact) mass is 165 g/mol. The van der Waals surface area contributed by atoms with Gasteiger partial charge in [0, 0.05) is 4.97 Å². The Labute approximate surface area is 71.3 Å². The fraction of sp³-hybridized carbons (Fsp3) is 0.250. The Morgan fingerprint density at radius 3 is 2.42 bits per heavy atom. The number of anilines is 1. The molecule has 0 amide bonds. The van der Waals surface area contributed by atoms with E-state index in [0.29, 0.717) is 4.97 Å². The average Bonchev–Trinajstić information content (AvgIpc) is 2.17. The van der Waals surface area contributed by atoms with Crippen LogP contribution in [0.3, 0.4) is 0 Å². The van der Waals surface area contributed by atoms with E-state index in [1.807, 2.05) is 30.3 Å². The molecule has 0 aromatic heterocycles. The minimum Gasteiger partial charge on any atom is -0.571 e. The van der Waals surface area contributed by atoms with Crippen LogP contribution in [0.15, 0.2) is 35.4 Å². The summed E-state index contributed by atoms with van der Waals surface area (Å²) in [6.45, 7) is 0. The van der Waals surface area contributed by atoms with Gasteiger partial charge in [0.05, 0.1) is 14.1 Å². The molecular formula is C8H11N3O. The normalized spacial score (nSPS) is 11.3. The molecule has 0 aliphatic rings. The highest BCUT2D eigenvalue weighted by molar-refractivity contribution is 5.41. The summed E-state index contributed by atoms with van der Waals surface area (Å²) < 4.78 is 0. The molecule has 0 aliphatic heterocycles. The minimum absolute atomic E-state index is 0.537. The molecule has 0 fully saturated rings. The van der Waals surface area contributed by atoms with Gasteiger partial charge in [0.1, 0.15) is 5.69 Å². The van der Waals surface area contributed by atoms with Crippen molar-refractivity contribution >= 4 is 5.69 Å². The number of hydrogen-bond donors (Lipinski definition) is 0. The first kappa shape index (κ1) is 8.52. The van der Waals surface area contributed by atoms with Crippen LogP contribution in [0.4, 0.5) is 5.69 Å². The van der Waals surface area contributed by atoms with Gasteiger partial charge in [-0.05, 0) is 17.2 Å². The Morgan fingerprint density at radius 1 is 1.33 bits per heavy atom. The number of benzene rings is 1. The lowest BCUT2D eigenvalue weighted by molar-refractivity contribution is -0.538. The van der Waals surface area contributed by atoms with Gasteiger partial charge in [-0.1, -0.05) is 18.2 Å². The highest BCUT2D eigenvalue weighted by Crippen LogP contribution is 2.10. The van der Waals surface area contributed by atoms with E-state index in [4.69, 9.17) is 0 Å². The molecule has 0 aliphatic carbocycles. The predicted molar refractivity (Wildman–Crippen MR) is 46.8 cm³/mol. The summed E-state index contributed by atoms with van der Waals surface area (Å²) >= 11 is 0. The molecule has 0 atom stereocenters. The molecule has 0 radical (unpaired) electrons. The Balaban J connectivity index is 2.86. The van der Waals surface area contributed by atoms with Crippen molar-refractivity contribution in [2.75, 3.05) is 19.1 Å². The Hall–Kier alpha value is -1.58. The first-order chi connectivity index (χ1) is 5.75. The maximum Gasteiger partial charge on any atom is 0.103 e. The molecule has 0 saturated carbocycles. The summed E-state index contributed by atoms with van der Waals surface area (Å²) in [5, 5.41) is 15.9. The largest absolute Gasteiger partial charge is 0.571 e. The van der Waals surface area contributed by atoms with Gasteiger partial charge in [0.25, 0.3) is 0 Å². The Morgan fingerprint density at radius 2 is 1.92 bits per heavy atom. The Kier molecular flexibility index (Phi) is 2.63. The van der Waals surface area contributed by atoms with E-state index in [0.717, 1.165) is 5.69 Å². The fourth-order valence-corrected chi connectivity index (χ4v) is 0.877. The van der Waals surface area contributed by atoms with Crippen LogP contribution in [0.1, 0.15) is 0 Å². The van der Waals surface area contributed by atoms with Crippen molar-refractivity contribution in [1.29, 1.82) is 0 Å². The van der Waals surface area contributed by atoms with Gasteiger partial charge < -0.3 is 5.21 Å². The number of hydrazine groups is 1. The second kappa shape index (κ2) is 3.71. The lowest BCUT2D eigenvalue weighted by atomic mass is 10.3. The average molecular weight is 165 g/mol. The van der Waals surface area contributed by atoms with Crippen LogP contribution in [0, 0.1) is 5.21 Å². The molecule has 1 aromatic rings. The van der Waals surface area contributed by atoms with Crippen molar-refractivity contribution in [2.45, 2.75) is 0 Å². The van der Waals surface area contributed by atoms with Gasteiger partial charge >= 0.3 is 0 Å². The lowest BCUT2D eigenvalue weighted by Crippen LogP contribution is -2.25. The van der Waals surface area contributed by atoms with Crippen molar-refractivity contribution in [3.63, 3.8) is 0 Å². The second-order valence-corrected chi connectivity index (χ2v) is 2.31. The summed E-state index contributed by atoms with van der Waals surface area (Å²) in [6, 6.07) is 9.33. The number of rotatable bonds is 2. The van der Waals surface area contributed by atoms with Crippen molar-refractivity contribution < 1.29 is 4.97 Å². The van der Waals surface area contributed by atoms with Crippen LogP contribution >= 0.6 is 0 Å². The topological polar surface area (TPSA) is 41.7 Å². The van der Waals surface area contributed by atoms with Crippen molar-refractivity contribution in [3.05, 3.63) is 35.5 Å². The van der Waals surface area contributed by atoms with Crippen molar-refractivity contribution in [1.82, 2.24) is 0 Å². The minimum atomic E-state index is 0.537. The second-order valence-electron chi connectivity index (χ2n) is 2.31. The SMILES string of the molecule is C/N=[N+](\[O-])N(C)c1ccccc1. The molecule has 0 heterocycles. The van der Waals surface area contributed by atoms with Gasteiger partial charge in [0.15, 0.2) is 0 Å². The van der Waals surface area contributed by atoms with E-state index < -0.39 is 0 Å². The van der Waals surface area contributed by atoms with E-state index in [2.05, 4.69) is 5.11 Å². The quantitative estimate of drug-likeness (QED) is 0.379. The standard InChI is InChI=1S/C8H11N3O/c1-9-11(12)10(2)8-6-4-3-5-7-8/h3-7H,1-2H3/b11-9-. The van der Waals surface area contributed by atoms with Crippen LogP contribution < -0.4 is 5.01 Å². The molecule has 64 valence electrons. The molecule has 12 heavy (non-hydrogen) atoms. The number of hydrogen-bond acceptors (Lipinski definition) is 2. The molecule has 0 bridgehead atoms. The summed E-state index contributed by atoms with van der Waals surface area (Å²) in [4.78, 5) is 0.537. The van der Waals surface area contributed by atoms with Gasteiger partial charge in [-0.25, -0.2) is 0 Å². The van der Waals surface area contributed by atoms with E-state index in [-0.39, 0.29) is 0 Å². The molecule has 1 rings (SSSR count). The first-order valence-corrected chi connectivity index (χ1v) is 3.61. The third kappa shape index (κ3) is 1.72. The summed E-state index contributed by atoms with van der Waals surface area (Å²) in [5.41, 5.74) is 0.818. The number of nitrogens with zero attached hydrogens (tertiary/aromatic N) is 3. The highest BCUT2D eigenvalue weighted by Gasteiger charge is 2.05. The molecule has 0 unspecified atom stereocenters. The molecule has 4 heteroatoms. The van der Waals surface area contributed by atoms with Gasteiger partial charge in [0.2, 0.25) is 0 Å². The van der Waals surface area contributed by atoms with Crippen LogP contribution in [0.5, 0.6) is 0 Å². The van der Waals surface area contributed by atoms with E-state index in [9.17, 15) is 5.21 Å². The lowest BCUT2D eigenvalue weighted by Gasteiger charge is -2.12. The van der Waals surface area contributed by atoms with Gasteiger partial charge in [-0.15, -0.1) is 5.01 Å². The first-order valence-electron chi connectivity index (χ1n) is 3.61. The van der Waals surface area contributed by atoms with Crippen molar-refractivity contribution in [2.24, 2.45) is 5.11 Å². The van der Waals surface area contributed by atoms with Gasteiger partial charge in [-0.2, -0.15) is 0 Å². The third-order valence-corrected chi connectivity index (χ3v) is 1.56. The maximum atomic E-state index is 11.0. The zero-order chi connectivity index (χ0) is 8.97. The molecule has 0 N–H and O–H groups in total. The smallest absolute Gasteiger partial charge is 0.103 e. The van der Waals surface area contributed by atoms with Crippen LogP contribution in [0.25, 0.3) is 0 Å². The number of para-hydroxylation sites is 1. The molecule has 4 nitrogen and oxygen atoms in total. The predicted octanol–water partition coefficient (Wildman–Crippen LogP) is 1.63. The van der Waals surface area contributed by atoms with Crippen LogP contribution in [-0.4, -0.2) is 19.1 Å². The summed E-state index contributed by atoms with van der Waals surface area (Å²) in [6.07, 6.45) is 0. The third-order valence-electron chi connectivity index (χ3n) is 1.56. The van der Waals surface area contributed by atoms with Crippen LogP contribution in [0.2, 0.25) is 0 Å². The van der Waals surface area contributed by atoms with Gasteiger partial charge in [-0.3, -0.25) is 0 Å². The van der Waals surface area contributed by atoms with E-state index in [1.165, 1.54) is 12.1 Å². The zero-order valence-corrected chi connectivity index (χ0v) is 7.14. The zero-order valence-electron chi connectivity index (χ0n) is 7.14. The summed E-state index contributed by atoms with van der Waals surface area (Å²) in [7, 11) is 3.11. The molecule has 1 aromatic carbocycles. The Bertz CT molecular complexity index is 271. The summed E-state index contributed by atoms with van der Waals surface area (Å²) in [5.74, 6) is 0. The van der Waals surface area contributed by atoms with Crippen LogP contribution in [-0.2, 0) is 0 Å². The van der Waals surface area contributed by atoms with Crippen molar-refractivity contribution in [3.8, 4) is 0 Å². The molecule has 0 spiro atoms.